The smallest absolute Gasteiger partial charge is 0.260 e. The van der Waals surface area contributed by atoms with Crippen molar-refractivity contribution >= 4 is 45.4 Å². The van der Waals surface area contributed by atoms with E-state index in [2.05, 4.69) is 31.5 Å². The second kappa shape index (κ2) is 8.27. The molecule has 2 unspecified atom stereocenters. The van der Waals surface area contributed by atoms with Crippen molar-refractivity contribution in [2.45, 2.75) is 38.9 Å². The Bertz CT molecular complexity index is 1730. The van der Waals surface area contributed by atoms with E-state index < -0.39 is 0 Å². The van der Waals surface area contributed by atoms with Gasteiger partial charge in [-0.25, -0.2) is 14.6 Å². The molecular formula is C25H23ClN8O2. The number of hydrogen-bond acceptors (Lipinski definition) is 7. The number of pyridine rings is 2. The van der Waals surface area contributed by atoms with E-state index in [-0.39, 0.29) is 17.6 Å². The zero-order chi connectivity index (χ0) is 25.1. The first-order valence-electron chi connectivity index (χ1n) is 11.6. The molecule has 4 aromatic heterocycles. The minimum Gasteiger partial charge on any atom is -0.377 e. The molecule has 0 aliphatic carbocycles. The minimum atomic E-state index is -0.377. The predicted molar refractivity (Wildman–Crippen MR) is 137 cm³/mol. The maximum absolute atomic E-state index is 13.6. The van der Waals surface area contributed by atoms with Crippen molar-refractivity contribution in [3.05, 3.63) is 63.4 Å². The molecule has 6 rings (SSSR count). The van der Waals surface area contributed by atoms with E-state index in [0.717, 1.165) is 33.9 Å². The SMILES string of the molecule is Cc1cc(C(C)Nc2ccc(Cl)nc2-c2ncn(C)n2)c2c(c1)c(=O)n1c3c2cnn3C(C=O)CC1. The average molecular weight is 503 g/mol. The molecule has 0 saturated heterocycles. The van der Waals surface area contributed by atoms with Gasteiger partial charge in [0.2, 0.25) is 5.82 Å². The van der Waals surface area contributed by atoms with E-state index in [0.29, 0.717) is 40.7 Å². The van der Waals surface area contributed by atoms with E-state index in [9.17, 15) is 9.59 Å². The van der Waals surface area contributed by atoms with E-state index in [4.69, 9.17) is 11.6 Å². The summed E-state index contributed by atoms with van der Waals surface area (Å²) in [6, 6.07) is 6.97. The number of nitrogens with zero attached hydrogens (tertiary/aromatic N) is 7. The van der Waals surface area contributed by atoms with Gasteiger partial charge in [-0.1, -0.05) is 17.7 Å². The van der Waals surface area contributed by atoms with E-state index in [1.807, 2.05) is 26.0 Å². The number of aldehydes is 1. The number of rotatable bonds is 5. The van der Waals surface area contributed by atoms with Gasteiger partial charge in [-0.3, -0.25) is 14.0 Å². The maximum atomic E-state index is 13.6. The monoisotopic (exact) mass is 502 g/mol. The number of aryl methyl sites for hydroxylation is 3. The van der Waals surface area contributed by atoms with Crippen LogP contribution < -0.4 is 10.9 Å². The van der Waals surface area contributed by atoms with Gasteiger partial charge in [0.1, 0.15) is 35.1 Å². The summed E-state index contributed by atoms with van der Waals surface area (Å²) in [5, 5.41) is 15.1. The topological polar surface area (TPSA) is 113 Å². The van der Waals surface area contributed by atoms with Gasteiger partial charge in [-0.2, -0.15) is 5.10 Å². The molecule has 11 heteroatoms. The van der Waals surface area contributed by atoms with Gasteiger partial charge in [0.25, 0.3) is 5.56 Å². The van der Waals surface area contributed by atoms with Gasteiger partial charge in [0.15, 0.2) is 0 Å². The zero-order valence-electron chi connectivity index (χ0n) is 19.9. The maximum Gasteiger partial charge on any atom is 0.260 e. The number of carbonyl (C=O) groups excluding carboxylic acids is 1. The van der Waals surface area contributed by atoms with Crippen LogP contribution in [0.5, 0.6) is 0 Å². The van der Waals surface area contributed by atoms with E-state index in [1.54, 1.807) is 39.6 Å². The number of halogens is 1. The number of benzene rings is 1. The Morgan fingerprint density at radius 2 is 2.08 bits per heavy atom. The van der Waals surface area contributed by atoms with Crippen LogP contribution in [0, 0.1) is 6.92 Å². The molecule has 5 aromatic rings. The summed E-state index contributed by atoms with van der Waals surface area (Å²) in [4.78, 5) is 34.1. The van der Waals surface area contributed by atoms with E-state index in [1.165, 1.54) is 0 Å². The average Bonchev–Trinajstić information content (AvgIpc) is 3.50. The molecule has 0 spiro atoms. The highest BCUT2D eigenvalue weighted by Gasteiger charge is 2.27. The number of nitrogens with one attached hydrogen (secondary N) is 1. The van der Waals surface area contributed by atoms with Crippen LogP contribution in [0.3, 0.4) is 0 Å². The summed E-state index contributed by atoms with van der Waals surface area (Å²) in [5.74, 6) is 0.456. The summed E-state index contributed by atoms with van der Waals surface area (Å²) in [6.45, 7) is 4.49. The van der Waals surface area contributed by atoms with Crippen molar-refractivity contribution in [3.8, 4) is 11.5 Å². The molecule has 1 aliphatic heterocycles. The van der Waals surface area contributed by atoms with Gasteiger partial charge < -0.3 is 10.1 Å². The van der Waals surface area contributed by atoms with E-state index >= 15 is 0 Å². The Kier molecular flexibility index (Phi) is 5.15. The van der Waals surface area contributed by atoms with Crippen molar-refractivity contribution < 1.29 is 4.79 Å². The van der Waals surface area contributed by atoms with Gasteiger partial charge in [-0.15, -0.1) is 5.10 Å². The lowest BCUT2D eigenvalue weighted by atomic mass is 9.95. The predicted octanol–water partition coefficient (Wildman–Crippen LogP) is 3.82. The van der Waals surface area contributed by atoms with Gasteiger partial charge >= 0.3 is 0 Å². The van der Waals surface area contributed by atoms with Crippen molar-refractivity contribution in [1.29, 1.82) is 0 Å². The number of hydrogen-bond donors (Lipinski definition) is 1. The Labute approximate surface area is 210 Å². The lowest BCUT2D eigenvalue weighted by Crippen LogP contribution is -2.30. The van der Waals surface area contributed by atoms with Crippen molar-refractivity contribution in [3.63, 3.8) is 0 Å². The summed E-state index contributed by atoms with van der Waals surface area (Å²) in [7, 11) is 1.79. The Morgan fingerprint density at radius 3 is 2.83 bits per heavy atom. The van der Waals surface area contributed by atoms with Crippen LogP contribution in [-0.2, 0) is 18.4 Å². The Hall–Kier alpha value is -4.05. The van der Waals surface area contributed by atoms with Crippen molar-refractivity contribution in [1.82, 2.24) is 34.1 Å². The van der Waals surface area contributed by atoms with Crippen LogP contribution in [0.2, 0.25) is 5.15 Å². The lowest BCUT2D eigenvalue weighted by Gasteiger charge is -2.24. The minimum absolute atomic E-state index is 0.0766. The highest BCUT2D eigenvalue weighted by atomic mass is 35.5. The molecule has 0 saturated carbocycles. The highest BCUT2D eigenvalue weighted by molar-refractivity contribution is 6.29. The third-order valence-corrected chi connectivity index (χ3v) is 6.92. The van der Waals surface area contributed by atoms with Crippen LogP contribution in [0.15, 0.2) is 41.6 Å². The molecule has 0 radical (unpaired) electrons. The largest absolute Gasteiger partial charge is 0.377 e. The quantitative estimate of drug-likeness (QED) is 0.287. The van der Waals surface area contributed by atoms with Crippen molar-refractivity contribution in [2.75, 3.05) is 5.32 Å². The first-order chi connectivity index (χ1) is 17.4. The lowest BCUT2D eigenvalue weighted by molar-refractivity contribution is -0.111. The van der Waals surface area contributed by atoms with Crippen LogP contribution in [-0.4, -0.2) is 40.4 Å². The Morgan fingerprint density at radius 1 is 1.25 bits per heavy atom. The summed E-state index contributed by atoms with van der Waals surface area (Å²) < 4.78 is 5.01. The number of anilines is 1. The molecule has 1 aromatic carbocycles. The van der Waals surface area contributed by atoms with Crippen LogP contribution in [0.25, 0.3) is 33.3 Å². The van der Waals surface area contributed by atoms with Gasteiger partial charge in [-0.05, 0) is 49.6 Å². The molecular weight excluding hydrogens is 480 g/mol. The van der Waals surface area contributed by atoms with Crippen LogP contribution in [0.4, 0.5) is 5.69 Å². The molecule has 182 valence electrons. The number of carbonyl (C=O) groups is 1. The first kappa shape index (κ1) is 22.4. The molecule has 0 fully saturated rings. The Balaban J connectivity index is 1.54. The number of fused-ring (bicyclic) bond motifs is 2. The summed E-state index contributed by atoms with van der Waals surface area (Å²) >= 11 is 6.20. The molecule has 1 aliphatic rings. The molecule has 10 nitrogen and oxygen atoms in total. The normalized spacial score (nSPS) is 15.9. The molecule has 0 bridgehead atoms. The zero-order valence-corrected chi connectivity index (χ0v) is 20.7. The summed E-state index contributed by atoms with van der Waals surface area (Å²) in [6.07, 6.45) is 4.80. The fourth-order valence-corrected chi connectivity index (χ4v) is 5.26. The van der Waals surface area contributed by atoms with Crippen LogP contribution in [0.1, 0.15) is 36.6 Å². The fourth-order valence-electron chi connectivity index (χ4n) is 5.11. The second-order valence-corrected chi connectivity index (χ2v) is 9.58. The van der Waals surface area contributed by atoms with Gasteiger partial charge in [0, 0.05) is 35.8 Å². The van der Waals surface area contributed by atoms with Crippen LogP contribution >= 0.6 is 11.6 Å². The number of aromatic nitrogens is 7. The van der Waals surface area contributed by atoms with Crippen molar-refractivity contribution in [2.24, 2.45) is 7.05 Å². The molecule has 0 amide bonds. The van der Waals surface area contributed by atoms with Gasteiger partial charge in [0.05, 0.1) is 11.9 Å². The molecule has 36 heavy (non-hydrogen) atoms. The highest BCUT2D eigenvalue weighted by Crippen LogP contribution is 2.36. The molecule has 2 atom stereocenters. The third-order valence-electron chi connectivity index (χ3n) is 6.71. The fraction of sp³-hybridized carbons (Fsp3) is 0.280. The second-order valence-electron chi connectivity index (χ2n) is 9.19. The molecule has 1 N–H and O–H groups in total. The summed E-state index contributed by atoms with van der Waals surface area (Å²) in [5.41, 5.74) is 3.78. The third kappa shape index (κ3) is 3.40. The molecule has 5 heterocycles. The first-order valence-corrected chi connectivity index (χ1v) is 12.0. The standard InChI is InChI=1S/C25H23ClN8O2/c1-13-8-16(14(2)29-19-4-5-20(26)30-22(19)23-27-12-32(3)31-23)21-17(9-13)25(36)33-7-6-15(11-35)34-24(33)18(21)10-28-34/h4-5,8-12,14-15,29H,6-7H2,1-3H3.